The summed E-state index contributed by atoms with van der Waals surface area (Å²) < 4.78 is 7.63. The van der Waals surface area contributed by atoms with Crippen molar-refractivity contribution in [2.45, 2.75) is 6.54 Å². The summed E-state index contributed by atoms with van der Waals surface area (Å²) >= 11 is 0.994. The molecule has 0 unspecified atom stereocenters. The zero-order valence-corrected chi connectivity index (χ0v) is 12.0. The molecule has 0 atom stereocenters. The summed E-state index contributed by atoms with van der Waals surface area (Å²) in [6.45, 7) is 0.382. The van der Waals surface area contributed by atoms with Crippen molar-refractivity contribution in [1.82, 2.24) is 19.0 Å². The third-order valence-electron chi connectivity index (χ3n) is 2.65. The molecule has 2 aromatic rings. The summed E-state index contributed by atoms with van der Waals surface area (Å²) in [5, 5.41) is 2.74. The van der Waals surface area contributed by atoms with E-state index in [2.05, 4.69) is 14.1 Å². The first-order valence-corrected chi connectivity index (χ1v) is 6.67. The molecule has 0 aliphatic heterocycles. The summed E-state index contributed by atoms with van der Waals surface area (Å²) in [7, 11) is 3.41. The number of nitrogens with zero attached hydrogens (tertiary/aromatic N) is 3. The third-order valence-corrected chi connectivity index (χ3v) is 3.13. The van der Waals surface area contributed by atoms with Crippen molar-refractivity contribution in [2.24, 2.45) is 0 Å². The quantitative estimate of drug-likeness (QED) is 0.917. The zero-order valence-electron chi connectivity index (χ0n) is 11.2. The lowest BCUT2D eigenvalue weighted by molar-refractivity contribution is 0.0827. The molecule has 2 rings (SSSR count). The second kappa shape index (κ2) is 6.25. The van der Waals surface area contributed by atoms with Gasteiger partial charge in [-0.2, -0.15) is 8.75 Å². The Labute approximate surface area is 120 Å². The predicted octanol–water partition coefficient (Wildman–Crippen LogP) is 1.17. The predicted molar refractivity (Wildman–Crippen MR) is 75.5 cm³/mol. The molecular formula is C13H14N4O2S. The molecule has 0 spiro atoms. The average Bonchev–Trinajstić information content (AvgIpc) is 2.98. The number of carbonyl (C=O) groups excluding carboxylic acids is 2. The second-order valence-corrected chi connectivity index (χ2v) is 4.93. The van der Waals surface area contributed by atoms with Gasteiger partial charge in [-0.1, -0.05) is 12.1 Å². The fraction of sp³-hybridized carbons (Fsp3) is 0.231. The first-order chi connectivity index (χ1) is 9.58. The minimum atomic E-state index is -0.257. The number of benzene rings is 1. The number of amides is 2. The maximum absolute atomic E-state index is 11.7. The number of carbonyl (C=O) groups is 2. The van der Waals surface area contributed by atoms with Gasteiger partial charge in [0.15, 0.2) is 5.69 Å². The summed E-state index contributed by atoms with van der Waals surface area (Å²) in [6.07, 6.45) is 1.43. The Bertz CT molecular complexity index is 593. The van der Waals surface area contributed by atoms with Crippen molar-refractivity contribution in [3.05, 3.63) is 47.3 Å². The molecule has 1 N–H and O–H groups in total. The Morgan fingerprint density at radius 1 is 1.25 bits per heavy atom. The van der Waals surface area contributed by atoms with Crippen LogP contribution in [0.5, 0.6) is 0 Å². The van der Waals surface area contributed by atoms with Gasteiger partial charge in [-0.15, -0.1) is 0 Å². The molecule has 0 radical (unpaired) electrons. The van der Waals surface area contributed by atoms with Crippen molar-refractivity contribution >= 4 is 23.5 Å². The van der Waals surface area contributed by atoms with Crippen LogP contribution in [-0.4, -0.2) is 39.6 Å². The van der Waals surface area contributed by atoms with Gasteiger partial charge in [-0.05, 0) is 17.7 Å². The number of nitrogens with one attached hydrogen (secondary N) is 1. The van der Waals surface area contributed by atoms with Gasteiger partial charge in [0.25, 0.3) is 11.8 Å². The van der Waals surface area contributed by atoms with Gasteiger partial charge in [0.05, 0.1) is 17.9 Å². The van der Waals surface area contributed by atoms with Gasteiger partial charge >= 0.3 is 0 Å². The normalized spacial score (nSPS) is 10.1. The van der Waals surface area contributed by atoms with Gasteiger partial charge in [0.1, 0.15) is 0 Å². The largest absolute Gasteiger partial charge is 0.347 e. The molecule has 0 saturated carbocycles. The Hall–Kier alpha value is -2.28. The maximum atomic E-state index is 11.7. The summed E-state index contributed by atoms with van der Waals surface area (Å²) in [4.78, 5) is 24.9. The van der Waals surface area contributed by atoms with E-state index in [0.29, 0.717) is 17.8 Å². The lowest BCUT2D eigenvalue weighted by atomic mass is 10.1. The van der Waals surface area contributed by atoms with Crippen LogP contribution in [0.15, 0.2) is 30.5 Å². The van der Waals surface area contributed by atoms with Gasteiger partial charge in [-0.25, -0.2) is 0 Å². The minimum absolute atomic E-state index is 0.0471. The first kappa shape index (κ1) is 14.1. The van der Waals surface area contributed by atoms with Crippen LogP contribution in [0.3, 0.4) is 0 Å². The number of aromatic nitrogens is 2. The van der Waals surface area contributed by atoms with E-state index in [1.54, 1.807) is 26.2 Å². The molecule has 0 fully saturated rings. The molecule has 7 heteroatoms. The van der Waals surface area contributed by atoms with Crippen LogP contribution in [-0.2, 0) is 6.54 Å². The Morgan fingerprint density at radius 2 is 1.95 bits per heavy atom. The fourth-order valence-corrected chi connectivity index (χ4v) is 1.97. The highest BCUT2D eigenvalue weighted by Gasteiger charge is 2.09. The van der Waals surface area contributed by atoms with E-state index in [1.807, 2.05) is 12.1 Å². The van der Waals surface area contributed by atoms with E-state index in [0.717, 1.165) is 17.3 Å². The van der Waals surface area contributed by atoms with E-state index in [-0.39, 0.29) is 11.8 Å². The van der Waals surface area contributed by atoms with E-state index in [9.17, 15) is 9.59 Å². The Morgan fingerprint density at radius 3 is 2.50 bits per heavy atom. The van der Waals surface area contributed by atoms with Crippen molar-refractivity contribution in [2.75, 3.05) is 14.1 Å². The fourth-order valence-electron chi connectivity index (χ4n) is 1.56. The van der Waals surface area contributed by atoms with Crippen LogP contribution in [0.2, 0.25) is 0 Å². The third kappa shape index (κ3) is 3.39. The zero-order chi connectivity index (χ0) is 14.5. The van der Waals surface area contributed by atoms with Gasteiger partial charge in [0, 0.05) is 26.2 Å². The second-order valence-electron chi connectivity index (χ2n) is 4.37. The van der Waals surface area contributed by atoms with Gasteiger partial charge in [-0.3, -0.25) is 9.59 Å². The molecule has 0 bridgehead atoms. The SMILES string of the molecule is CN(C)C(=O)c1ccc(CNC(=O)c2cnsn2)cc1. The van der Waals surface area contributed by atoms with Crippen molar-refractivity contribution in [3.63, 3.8) is 0 Å². The molecule has 6 nitrogen and oxygen atoms in total. The standard InChI is InChI=1S/C13H14N4O2S/c1-17(2)13(19)10-5-3-9(4-6-10)7-14-12(18)11-8-15-20-16-11/h3-6,8H,7H2,1-2H3,(H,14,18). The highest BCUT2D eigenvalue weighted by molar-refractivity contribution is 6.99. The topological polar surface area (TPSA) is 75.2 Å². The minimum Gasteiger partial charge on any atom is -0.347 e. The summed E-state index contributed by atoms with van der Waals surface area (Å²) in [5.41, 5.74) is 1.85. The Balaban J connectivity index is 1.94. The van der Waals surface area contributed by atoms with Crippen LogP contribution in [0, 0.1) is 0 Å². The van der Waals surface area contributed by atoms with E-state index < -0.39 is 0 Å². The summed E-state index contributed by atoms with van der Waals surface area (Å²) in [5.74, 6) is -0.304. The van der Waals surface area contributed by atoms with E-state index >= 15 is 0 Å². The van der Waals surface area contributed by atoms with Crippen LogP contribution in [0.25, 0.3) is 0 Å². The van der Waals surface area contributed by atoms with Crippen LogP contribution in [0.1, 0.15) is 26.4 Å². The smallest absolute Gasteiger partial charge is 0.272 e. The highest BCUT2D eigenvalue weighted by atomic mass is 32.1. The van der Waals surface area contributed by atoms with Gasteiger partial charge in [0.2, 0.25) is 0 Å². The molecule has 1 aromatic heterocycles. The maximum Gasteiger partial charge on any atom is 0.272 e. The number of rotatable bonds is 4. The van der Waals surface area contributed by atoms with E-state index in [1.165, 1.54) is 11.1 Å². The van der Waals surface area contributed by atoms with Crippen LogP contribution >= 0.6 is 11.7 Å². The van der Waals surface area contributed by atoms with Crippen molar-refractivity contribution in [3.8, 4) is 0 Å². The molecule has 1 aromatic carbocycles. The van der Waals surface area contributed by atoms with E-state index in [4.69, 9.17) is 0 Å². The molecule has 1 heterocycles. The molecule has 20 heavy (non-hydrogen) atoms. The lowest BCUT2D eigenvalue weighted by Gasteiger charge is -2.10. The number of hydrogen-bond acceptors (Lipinski definition) is 5. The lowest BCUT2D eigenvalue weighted by Crippen LogP contribution is -2.23. The molecule has 0 aliphatic carbocycles. The van der Waals surface area contributed by atoms with Crippen LogP contribution < -0.4 is 5.32 Å². The highest BCUT2D eigenvalue weighted by Crippen LogP contribution is 2.06. The van der Waals surface area contributed by atoms with Crippen LogP contribution in [0.4, 0.5) is 0 Å². The van der Waals surface area contributed by atoms with Crippen molar-refractivity contribution < 1.29 is 9.59 Å². The molecule has 0 aliphatic rings. The average molecular weight is 290 g/mol. The van der Waals surface area contributed by atoms with Crippen molar-refractivity contribution in [1.29, 1.82) is 0 Å². The molecule has 104 valence electrons. The first-order valence-electron chi connectivity index (χ1n) is 5.94. The monoisotopic (exact) mass is 290 g/mol. The Kier molecular flexibility index (Phi) is 4.41. The number of hydrogen-bond donors (Lipinski definition) is 1. The van der Waals surface area contributed by atoms with Gasteiger partial charge < -0.3 is 10.2 Å². The molecule has 0 saturated heterocycles. The summed E-state index contributed by atoms with van der Waals surface area (Å²) in [6, 6.07) is 7.12. The molecule has 2 amide bonds. The molecular weight excluding hydrogens is 276 g/mol.